The quantitative estimate of drug-likeness (QED) is 0.470. The summed E-state index contributed by atoms with van der Waals surface area (Å²) in [6.45, 7) is 3.68. The number of rotatable bonds is 6. The normalized spacial score (nSPS) is 13.8. The van der Waals surface area contributed by atoms with Gasteiger partial charge in [0.15, 0.2) is 0 Å². The first kappa shape index (κ1) is 18.9. The van der Waals surface area contributed by atoms with Crippen molar-refractivity contribution in [2.24, 2.45) is 0 Å². The van der Waals surface area contributed by atoms with Crippen molar-refractivity contribution in [3.8, 4) is 28.7 Å². The molecule has 4 heterocycles. The Bertz CT molecular complexity index is 1200. The third kappa shape index (κ3) is 3.75. The van der Waals surface area contributed by atoms with Gasteiger partial charge >= 0.3 is 0 Å². The maximum Gasteiger partial charge on any atom is 0.274 e. The number of para-hydroxylation sites is 1. The van der Waals surface area contributed by atoms with E-state index in [1.807, 2.05) is 31.2 Å². The zero-order valence-electron chi connectivity index (χ0n) is 16.8. The van der Waals surface area contributed by atoms with Crippen LogP contribution >= 0.6 is 0 Å². The predicted molar refractivity (Wildman–Crippen MR) is 109 cm³/mol. The Morgan fingerprint density at radius 1 is 1.23 bits per heavy atom. The van der Waals surface area contributed by atoms with E-state index in [1.54, 1.807) is 40.4 Å². The largest absolute Gasteiger partial charge is 0.486 e. The Kier molecular flexibility index (Phi) is 4.87. The first-order chi connectivity index (χ1) is 15.2. The fraction of sp³-hybridized carbons (Fsp3) is 0.238. The van der Waals surface area contributed by atoms with Gasteiger partial charge in [0.25, 0.3) is 11.8 Å². The molecule has 10 heteroatoms. The maximum atomic E-state index is 12.5. The molecule has 1 fully saturated rings. The number of amides is 1. The number of carbonyl (C=O) groups is 1. The molecule has 1 saturated heterocycles. The lowest BCUT2D eigenvalue weighted by atomic mass is 10.1. The van der Waals surface area contributed by atoms with Gasteiger partial charge in [-0.15, -0.1) is 0 Å². The highest BCUT2D eigenvalue weighted by molar-refractivity contribution is 5.92. The minimum atomic E-state index is -0.124. The van der Waals surface area contributed by atoms with Crippen molar-refractivity contribution in [1.29, 1.82) is 0 Å². The van der Waals surface area contributed by atoms with Crippen LogP contribution in [-0.2, 0) is 6.54 Å². The fourth-order valence-corrected chi connectivity index (χ4v) is 3.27. The molecule has 10 nitrogen and oxygen atoms in total. The second-order valence-electron chi connectivity index (χ2n) is 7.02. The number of benzene rings is 1. The Hall–Kier alpha value is -4.08. The topological polar surface area (TPSA) is 112 Å². The molecular formula is C21H19N7O3. The lowest BCUT2D eigenvalue weighted by Gasteiger charge is -2.38. The molecule has 0 radical (unpaired) electrons. The summed E-state index contributed by atoms with van der Waals surface area (Å²) in [5.41, 5.74) is 1.65. The molecule has 31 heavy (non-hydrogen) atoms. The molecular weight excluding hydrogens is 398 g/mol. The van der Waals surface area contributed by atoms with E-state index in [9.17, 15) is 4.79 Å². The maximum absolute atomic E-state index is 12.5. The number of carbonyl (C=O) groups excluding carboxylic acids is 1. The molecule has 0 unspecified atom stereocenters. The highest BCUT2D eigenvalue weighted by Crippen LogP contribution is 2.31. The zero-order valence-corrected chi connectivity index (χ0v) is 16.8. The molecule has 0 N–H and O–H groups in total. The summed E-state index contributed by atoms with van der Waals surface area (Å²) in [5.74, 6) is 1.20. The van der Waals surface area contributed by atoms with Gasteiger partial charge < -0.3 is 14.2 Å². The molecule has 0 saturated carbocycles. The van der Waals surface area contributed by atoms with Crippen molar-refractivity contribution in [2.75, 3.05) is 13.1 Å². The molecule has 1 amide bonds. The van der Waals surface area contributed by atoms with Crippen LogP contribution in [0.4, 0.5) is 0 Å². The van der Waals surface area contributed by atoms with Crippen LogP contribution in [0.15, 0.2) is 59.6 Å². The number of aryl methyl sites for hydroxylation is 1. The average Bonchev–Trinajstić information content (AvgIpc) is 3.46. The highest BCUT2D eigenvalue weighted by atomic mass is 16.5. The minimum absolute atomic E-state index is 0.0918. The summed E-state index contributed by atoms with van der Waals surface area (Å²) in [6, 6.07) is 9.17. The van der Waals surface area contributed by atoms with Crippen molar-refractivity contribution >= 4 is 5.91 Å². The van der Waals surface area contributed by atoms with Crippen molar-refractivity contribution in [3.63, 3.8) is 0 Å². The SMILES string of the molecule is CCn1ccc(C(=O)N2CC(Oc3ccccc3-c3nc(-c4cnccn4)no3)C2)n1. The fourth-order valence-electron chi connectivity index (χ4n) is 3.27. The van der Waals surface area contributed by atoms with Crippen molar-refractivity contribution in [3.05, 3.63) is 60.8 Å². The molecule has 0 spiro atoms. The molecule has 0 atom stereocenters. The highest BCUT2D eigenvalue weighted by Gasteiger charge is 2.34. The number of hydrogen-bond acceptors (Lipinski definition) is 8. The molecule has 156 valence electrons. The van der Waals surface area contributed by atoms with E-state index >= 15 is 0 Å². The molecule has 3 aromatic heterocycles. The lowest BCUT2D eigenvalue weighted by molar-refractivity contribution is 0.0174. The lowest BCUT2D eigenvalue weighted by Crippen LogP contribution is -2.56. The van der Waals surface area contributed by atoms with E-state index in [0.717, 1.165) is 6.54 Å². The van der Waals surface area contributed by atoms with Gasteiger partial charge in [-0.1, -0.05) is 17.3 Å². The second-order valence-corrected chi connectivity index (χ2v) is 7.02. The number of aromatic nitrogens is 6. The van der Waals surface area contributed by atoms with Crippen molar-refractivity contribution in [2.45, 2.75) is 19.6 Å². The number of ether oxygens (including phenoxy) is 1. The molecule has 4 aromatic rings. The van der Waals surface area contributed by atoms with Crippen LogP contribution in [0.1, 0.15) is 17.4 Å². The van der Waals surface area contributed by atoms with Crippen LogP contribution in [0, 0.1) is 0 Å². The van der Waals surface area contributed by atoms with Gasteiger partial charge in [0.2, 0.25) is 5.82 Å². The average molecular weight is 417 g/mol. The van der Waals surface area contributed by atoms with Gasteiger partial charge in [0.1, 0.15) is 23.2 Å². The van der Waals surface area contributed by atoms with Gasteiger partial charge in [-0.2, -0.15) is 10.1 Å². The van der Waals surface area contributed by atoms with Gasteiger partial charge in [0, 0.05) is 25.1 Å². The smallest absolute Gasteiger partial charge is 0.274 e. The summed E-state index contributed by atoms with van der Waals surface area (Å²) >= 11 is 0. The van der Waals surface area contributed by atoms with Crippen molar-refractivity contribution < 1.29 is 14.1 Å². The summed E-state index contributed by atoms with van der Waals surface area (Å²) < 4.78 is 13.3. The third-order valence-corrected chi connectivity index (χ3v) is 4.95. The van der Waals surface area contributed by atoms with E-state index in [-0.39, 0.29) is 12.0 Å². The van der Waals surface area contributed by atoms with Gasteiger partial charge in [-0.25, -0.2) is 4.98 Å². The van der Waals surface area contributed by atoms with E-state index in [4.69, 9.17) is 9.26 Å². The summed E-state index contributed by atoms with van der Waals surface area (Å²) in [7, 11) is 0. The van der Waals surface area contributed by atoms with E-state index < -0.39 is 0 Å². The van der Waals surface area contributed by atoms with Crippen molar-refractivity contribution in [1.82, 2.24) is 34.8 Å². The zero-order chi connectivity index (χ0) is 21.2. The molecule has 5 rings (SSSR count). The third-order valence-electron chi connectivity index (χ3n) is 4.95. The molecule has 1 aromatic carbocycles. The summed E-state index contributed by atoms with van der Waals surface area (Å²) in [5, 5.41) is 8.26. The number of hydrogen-bond donors (Lipinski definition) is 0. The monoisotopic (exact) mass is 417 g/mol. The van der Waals surface area contributed by atoms with E-state index in [2.05, 4.69) is 25.2 Å². The van der Waals surface area contributed by atoms with Crippen LogP contribution in [0.25, 0.3) is 23.0 Å². The molecule has 1 aliphatic heterocycles. The first-order valence-electron chi connectivity index (χ1n) is 9.90. The second kappa shape index (κ2) is 7.98. The summed E-state index contributed by atoms with van der Waals surface area (Å²) in [6.07, 6.45) is 6.40. The van der Waals surface area contributed by atoms with E-state index in [0.29, 0.717) is 47.5 Å². The summed E-state index contributed by atoms with van der Waals surface area (Å²) in [4.78, 5) is 26.9. The van der Waals surface area contributed by atoms with Gasteiger partial charge in [-0.05, 0) is 25.1 Å². The van der Waals surface area contributed by atoms with Crippen LogP contribution in [0.5, 0.6) is 5.75 Å². The molecule has 0 aliphatic carbocycles. The number of nitrogens with zero attached hydrogens (tertiary/aromatic N) is 7. The molecule has 0 bridgehead atoms. The van der Waals surface area contributed by atoms with Gasteiger partial charge in [0.05, 0.1) is 24.8 Å². The van der Waals surface area contributed by atoms with Crippen LogP contribution in [0.2, 0.25) is 0 Å². The Morgan fingerprint density at radius 3 is 2.87 bits per heavy atom. The van der Waals surface area contributed by atoms with E-state index in [1.165, 1.54) is 0 Å². The molecule has 1 aliphatic rings. The van der Waals surface area contributed by atoms with Gasteiger partial charge in [-0.3, -0.25) is 14.5 Å². The van der Waals surface area contributed by atoms with Crippen LogP contribution in [-0.4, -0.2) is 59.9 Å². The predicted octanol–water partition coefficient (Wildman–Crippen LogP) is 2.31. The minimum Gasteiger partial charge on any atom is -0.486 e. The Morgan fingerprint density at radius 2 is 2.10 bits per heavy atom. The Labute approximate surface area is 177 Å². The van der Waals surface area contributed by atoms with Crippen LogP contribution < -0.4 is 4.74 Å². The van der Waals surface area contributed by atoms with Crippen LogP contribution in [0.3, 0.4) is 0 Å². The first-order valence-corrected chi connectivity index (χ1v) is 9.90. The Balaban J connectivity index is 1.27. The standard InChI is InChI=1S/C21H19N7O3/c1-2-28-10-7-16(25-28)21(29)27-12-14(13-27)30-18-6-4-3-5-15(18)20-24-19(26-31-20)17-11-22-8-9-23-17/h3-11,14H,2,12-13H2,1H3. The number of likely N-dealkylation sites (tertiary alicyclic amines) is 1.